The summed E-state index contributed by atoms with van der Waals surface area (Å²) in [7, 11) is 0. The number of fused-ring (bicyclic) bond motifs is 1. The molecule has 0 aliphatic rings. The number of ether oxygens (including phenoxy) is 1. The number of benzene rings is 2. The second-order valence-electron chi connectivity index (χ2n) is 4.86. The van der Waals surface area contributed by atoms with Crippen molar-refractivity contribution in [1.29, 1.82) is 5.26 Å². The maximum absolute atomic E-state index is 12.0. The molecule has 0 saturated heterocycles. The summed E-state index contributed by atoms with van der Waals surface area (Å²) in [5, 5.41) is 12.6. The third kappa shape index (κ3) is 3.27. The van der Waals surface area contributed by atoms with Crippen LogP contribution in [0.15, 0.2) is 60.8 Å². The molecule has 5 heteroatoms. The molecule has 0 unspecified atom stereocenters. The molecule has 3 rings (SSSR count). The second-order valence-corrected chi connectivity index (χ2v) is 4.86. The lowest BCUT2D eigenvalue weighted by molar-refractivity contribution is 0.155. The fourth-order valence-corrected chi connectivity index (χ4v) is 2.22. The van der Waals surface area contributed by atoms with Crippen molar-refractivity contribution in [2.45, 2.75) is 6.61 Å². The first-order valence-electron chi connectivity index (χ1n) is 7.03. The fourth-order valence-electron chi connectivity index (χ4n) is 2.22. The lowest BCUT2D eigenvalue weighted by Crippen LogP contribution is -2.15. The van der Waals surface area contributed by atoms with Crippen molar-refractivity contribution in [3.05, 3.63) is 71.9 Å². The Morgan fingerprint density at radius 2 is 1.87 bits per heavy atom. The quantitative estimate of drug-likeness (QED) is 0.797. The minimum absolute atomic E-state index is 0.164. The van der Waals surface area contributed by atoms with E-state index in [1.807, 2.05) is 54.6 Å². The van der Waals surface area contributed by atoms with Crippen LogP contribution in [0.25, 0.3) is 10.9 Å². The Balaban J connectivity index is 1.80. The molecule has 1 N–H and O–H groups in total. The minimum Gasteiger partial charge on any atom is -0.444 e. The summed E-state index contributed by atoms with van der Waals surface area (Å²) in [5.74, 6) is 0. The molecule has 0 fully saturated rings. The molecule has 0 atom stereocenters. The third-order valence-corrected chi connectivity index (χ3v) is 3.34. The Labute approximate surface area is 133 Å². The van der Waals surface area contributed by atoms with Gasteiger partial charge in [0, 0.05) is 11.6 Å². The Morgan fingerprint density at radius 1 is 1.13 bits per heavy atom. The van der Waals surface area contributed by atoms with E-state index in [1.165, 1.54) is 6.20 Å². The molecular formula is C18H13N3O2. The number of rotatable bonds is 3. The maximum atomic E-state index is 12.0. The summed E-state index contributed by atoms with van der Waals surface area (Å²) < 4.78 is 5.20. The number of amides is 1. The lowest BCUT2D eigenvalue weighted by atomic mass is 10.1. The van der Waals surface area contributed by atoms with Gasteiger partial charge in [0.25, 0.3) is 0 Å². The number of para-hydroxylation sites is 1. The molecule has 0 aliphatic carbocycles. The summed E-state index contributed by atoms with van der Waals surface area (Å²) in [6.45, 7) is 0.164. The number of nitrogens with zero attached hydrogens (tertiary/aromatic N) is 2. The molecule has 0 spiro atoms. The van der Waals surface area contributed by atoms with Crippen LogP contribution in [0.1, 0.15) is 11.1 Å². The van der Waals surface area contributed by atoms with Gasteiger partial charge in [0.05, 0.1) is 16.8 Å². The van der Waals surface area contributed by atoms with Gasteiger partial charge in [-0.15, -0.1) is 0 Å². The summed E-state index contributed by atoms with van der Waals surface area (Å²) in [6, 6.07) is 18.7. The zero-order chi connectivity index (χ0) is 16.1. The smallest absolute Gasteiger partial charge is 0.412 e. The Kier molecular flexibility index (Phi) is 4.16. The Bertz CT molecular complexity index is 886. The highest BCUT2D eigenvalue weighted by Crippen LogP contribution is 2.25. The van der Waals surface area contributed by atoms with Crippen LogP contribution in [0.2, 0.25) is 0 Å². The van der Waals surface area contributed by atoms with Gasteiger partial charge in [-0.2, -0.15) is 5.26 Å². The molecule has 1 aromatic heterocycles. The summed E-state index contributed by atoms with van der Waals surface area (Å²) in [5.41, 5.74) is 2.30. The van der Waals surface area contributed by atoms with E-state index in [0.29, 0.717) is 22.2 Å². The van der Waals surface area contributed by atoms with E-state index < -0.39 is 6.09 Å². The number of hydrogen-bond acceptors (Lipinski definition) is 4. The molecular weight excluding hydrogens is 290 g/mol. The predicted molar refractivity (Wildman–Crippen MR) is 86.7 cm³/mol. The van der Waals surface area contributed by atoms with E-state index in [9.17, 15) is 10.1 Å². The van der Waals surface area contributed by atoms with Gasteiger partial charge in [-0.1, -0.05) is 48.5 Å². The molecule has 1 heterocycles. The first-order chi connectivity index (χ1) is 11.3. The average molecular weight is 303 g/mol. The number of pyridine rings is 1. The number of nitriles is 1. The molecule has 0 bridgehead atoms. The standard InChI is InChI=1S/C18H13N3O2/c19-10-14-11-20-16-9-5-4-8-15(16)17(14)21-18(22)23-12-13-6-2-1-3-7-13/h1-9,11H,12H2,(H,20,21,22). The first kappa shape index (κ1) is 14.5. The van der Waals surface area contributed by atoms with Gasteiger partial charge in [0.1, 0.15) is 12.7 Å². The van der Waals surface area contributed by atoms with Crippen LogP contribution < -0.4 is 5.32 Å². The molecule has 5 nitrogen and oxygen atoms in total. The Morgan fingerprint density at radius 3 is 2.65 bits per heavy atom. The molecule has 0 radical (unpaired) electrons. The third-order valence-electron chi connectivity index (χ3n) is 3.34. The summed E-state index contributed by atoms with van der Waals surface area (Å²) in [6.07, 6.45) is 0.830. The fraction of sp³-hybridized carbons (Fsp3) is 0.0556. The summed E-state index contributed by atoms with van der Waals surface area (Å²) in [4.78, 5) is 16.2. The van der Waals surface area contributed by atoms with Gasteiger partial charge in [-0.05, 0) is 11.6 Å². The molecule has 23 heavy (non-hydrogen) atoms. The van der Waals surface area contributed by atoms with Crippen LogP contribution in [0.5, 0.6) is 0 Å². The lowest BCUT2D eigenvalue weighted by Gasteiger charge is -2.10. The van der Waals surface area contributed by atoms with E-state index in [4.69, 9.17) is 4.74 Å². The van der Waals surface area contributed by atoms with Crippen LogP contribution in [-0.4, -0.2) is 11.1 Å². The zero-order valence-corrected chi connectivity index (χ0v) is 12.2. The molecule has 1 amide bonds. The van der Waals surface area contributed by atoms with E-state index in [-0.39, 0.29) is 6.61 Å². The van der Waals surface area contributed by atoms with Crippen LogP contribution in [0, 0.1) is 11.3 Å². The van der Waals surface area contributed by atoms with E-state index in [1.54, 1.807) is 6.07 Å². The number of anilines is 1. The van der Waals surface area contributed by atoms with Crippen LogP contribution in [-0.2, 0) is 11.3 Å². The van der Waals surface area contributed by atoms with Crippen molar-refractivity contribution in [2.75, 3.05) is 5.32 Å². The van der Waals surface area contributed by atoms with Crippen LogP contribution in [0.3, 0.4) is 0 Å². The molecule has 112 valence electrons. The van der Waals surface area contributed by atoms with E-state index in [2.05, 4.69) is 10.3 Å². The van der Waals surface area contributed by atoms with Crippen LogP contribution in [0.4, 0.5) is 10.5 Å². The number of hydrogen-bond donors (Lipinski definition) is 1. The largest absolute Gasteiger partial charge is 0.444 e. The number of carbonyl (C=O) groups excluding carboxylic acids is 1. The van der Waals surface area contributed by atoms with Gasteiger partial charge >= 0.3 is 6.09 Å². The SMILES string of the molecule is N#Cc1cnc2ccccc2c1NC(=O)OCc1ccccc1. The highest BCUT2D eigenvalue weighted by Gasteiger charge is 2.12. The van der Waals surface area contributed by atoms with Crippen molar-refractivity contribution in [2.24, 2.45) is 0 Å². The first-order valence-corrected chi connectivity index (χ1v) is 7.03. The molecule has 3 aromatic rings. The monoisotopic (exact) mass is 303 g/mol. The van der Waals surface area contributed by atoms with Crippen molar-refractivity contribution in [3.63, 3.8) is 0 Å². The van der Waals surface area contributed by atoms with Crippen molar-refractivity contribution in [1.82, 2.24) is 4.98 Å². The summed E-state index contributed by atoms with van der Waals surface area (Å²) >= 11 is 0. The van der Waals surface area contributed by atoms with Gasteiger partial charge in [-0.3, -0.25) is 10.3 Å². The zero-order valence-electron chi connectivity index (χ0n) is 12.2. The van der Waals surface area contributed by atoms with Crippen molar-refractivity contribution >= 4 is 22.7 Å². The van der Waals surface area contributed by atoms with E-state index >= 15 is 0 Å². The second kappa shape index (κ2) is 6.58. The number of carbonyl (C=O) groups is 1. The highest BCUT2D eigenvalue weighted by molar-refractivity contribution is 6.00. The minimum atomic E-state index is -0.610. The molecule has 0 aliphatic heterocycles. The van der Waals surface area contributed by atoms with Gasteiger partial charge in [0.15, 0.2) is 0 Å². The average Bonchev–Trinajstić information content (AvgIpc) is 2.61. The Hall–Kier alpha value is -3.39. The number of aromatic nitrogens is 1. The van der Waals surface area contributed by atoms with Gasteiger partial charge in [0.2, 0.25) is 0 Å². The maximum Gasteiger partial charge on any atom is 0.412 e. The normalized spacial score (nSPS) is 10.0. The van der Waals surface area contributed by atoms with E-state index in [0.717, 1.165) is 5.56 Å². The highest BCUT2D eigenvalue weighted by atomic mass is 16.5. The van der Waals surface area contributed by atoms with Gasteiger partial charge in [-0.25, -0.2) is 4.79 Å². The molecule has 0 saturated carbocycles. The van der Waals surface area contributed by atoms with Crippen LogP contribution >= 0.6 is 0 Å². The predicted octanol–water partition coefficient (Wildman–Crippen LogP) is 3.86. The topological polar surface area (TPSA) is 75.0 Å². The number of nitrogens with one attached hydrogen (secondary N) is 1. The van der Waals surface area contributed by atoms with Crippen molar-refractivity contribution < 1.29 is 9.53 Å². The van der Waals surface area contributed by atoms with Gasteiger partial charge < -0.3 is 4.74 Å². The molecule has 2 aromatic carbocycles. The van der Waals surface area contributed by atoms with Crippen molar-refractivity contribution in [3.8, 4) is 6.07 Å².